The van der Waals surface area contributed by atoms with Gasteiger partial charge in [0.1, 0.15) is 0 Å². The van der Waals surface area contributed by atoms with Crippen LogP contribution >= 0.6 is 23.1 Å². The van der Waals surface area contributed by atoms with Crippen molar-refractivity contribution in [1.82, 2.24) is 20.2 Å². The van der Waals surface area contributed by atoms with Crippen molar-refractivity contribution in [3.63, 3.8) is 0 Å². The highest BCUT2D eigenvalue weighted by atomic mass is 32.2. The van der Waals surface area contributed by atoms with Gasteiger partial charge in [0.05, 0.1) is 16.3 Å². The summed E-state index contributed by atoms with van der Waals surface area (Å²) in [5, 5.41) is 14.1. The smallest absolute Gasteiger partial charge is 0.214 e. The zero-order valence-electron chi connectivity index (χ0n) is 10.3. The number of hydrogen-bond donors (Lipinski definition) is 0. The van der Waals surface area contributed by atoms with Gasteiger partial charge >= 0.3 is 0 Å². The Morgan fingerprint density at radius 1 is 1.20 bits per heavy atom. The Morgan fingerprint density at radius 3 is 2.80 bits per heavy atom. The van der Waals surface area contributed by atoms with Gasteiger partial charge in [-0.15, -0.1) is 16.4 Å². The molecule has 0 spiro atoms. The van der Waals surface area contributed by atoms with Gasteiger partial charge in [-0.3, -0.25) is 4.79 Å². The zero-order valence-corrected chi connectivity index (χ0v) is 12.0. The van der Waals surface area contributed by atoms with E-state index in [9.17, 15) is 4.79 Å². The second kappa shape index (κ2) is 5.98. The maximum atomic E-state index is 12.0. The first-order valence-corrected chi connectivity index (χ1v) is 7.74. The monoisotopic (exact) mass is 302 g/mol. The molecule has 7 heteroatoms. The molecule has 0 saturated carbocycles. The van der Waals surface area contributed by atoms with Gasteiger partial charge in [0.15, 0.2) is 5.78 Å². The Hall–Kier alpha value is -1.99. The number of hydrogen-bond acceptors (Lipinski definition) is 6. The van der Waals surface area contributed by atoms with E-state index in [0.717, 1.165) is 10.6 Å². The van der Waals surface area contributed by atoms with Gasteiger partial charge in [-0.2, -0.15) is 4.68 Å². The Kier molecular flexibility index (Phi) is 3.89. The van der Waals surface area contributed by atoms with E-state index in [1.807, 2.05) is 47.8 Å². The molecule has 0 atom stereocenters. The SMILES string of the molecule is O=C(CSc1nnnn1-c1ccccc1)c1cccs1. The van der Waals surface area contributed by atoms with Crippen molar-refractivity contribution in [2.24, 2.45) is 0 Å². The molecule has 0 N–H and O–H groups in total. The predicted molar refractivity (Wildman–Crippen MR) is 78.5 cm³/mol. The van der Waals surface area contributed by atoms with Crippen LogP contribution in [0.3, 0.4) is 0 Å². The van der Waals surface area contributed by atoms with Crippen LogP contribution < -0.4 is 0 Å². The molecule has 0 saturated heterocycles. The van der Waals surface area contributed by atoms with Crippen LogP contribution in [0.2, 0.25) is 0 Å². The molecule has 2 heterocycles. The van der Waals surface area contributed by atoms with Crippen molar-refractivity contribution < 1.29 is 4.79 Å². The number of tetrazole rings is 1. The molecule has 20 heavy (non-hydrogen) atoms. The molecule has 0 amide bonds. The Labute approximate surface area is 123 Å². The van der Waals surface area contributed by atoms with Gasteiger partial charge in [0.2, 0.25) is 5.16 Å². The van der Waals surface area contributed by atoms with Crippen molar-refractivity contribution in [3.05, 3.63) is 52.7 Å². The lowest BCUT2D eigenvalue weighted by Gasteiger charge is -2.02. The molecule has 5 nitrogen and oxygen atoms in total. The number of nitrogens with zero attached hydrogens (tertiary/aromatic N) is 4. The summed E-state index contributed by atoms with van der Waals surface area (Å²) in [6, 6.07) is 13.3. The summed E-state index contributed by atoms with van der Waals surface area (Å²) in [4.78, 5) is 12.7. The minimum atomic E-state index is 0.0904. The maximum absolute atomic E-state index is 12.0. The van der Waals surface area contributed by atoms with Gasteiger partial charge in [-0.1, -0.05) is 36.0 Å². The topological polar surface area (TPSA) is 60.7 Å². The van der Waals surface area contributed by atoms with Crippen LogP contribution in [0.25, 0.3) is 5.69 Å². The molecule has 0 bridgehead atoms. The molecule has 0 radical (unpaired) electrons. The normalized spacial score (nSPS) is 10.6. The van der Waals surface area contributed by atoms with Crippen molar-refractivity contribution >= 4 is 28.9 Å². The first-order chi connectivity index (χ1) is 9.84. The third-order valence-electron chi connectivity index (χ3n) is 2.57. The maximum Gasteiger partial charge on any atom is 0.214 e. The summed E-state index contributed by atoms with van der Waals surface area (Å²) in [5.74, 6) is 0.417. The molecule has 0 unspecified atom stereocenters. The lowest BCUT2D eigenvalue weighted by Crippen LogP contribution is -2.03. The molecular formula is C13H10N4OS2. The van der Waals surface area contributed by atoms with Gasteiger partial charge in [-0.05, 0) is 34.0 Å². The summed E-state index contributed by atoms with van der Waals surface area (Å²) in [5.41, 5.74) is 0.878. The van der Waals surface area contributed by atoms with Gasteiger partial charge in [0, 0.05) is 0 Å². The standard InChI is InChI=1S/C13H10N4OS2/c18-11(12-7-4-8-19-12)9-20-13-14-15-16-17(13)10-5-2-1-3-6-10/h1-8H,9H2. The lowest BCUT2D eigenvalue weighted by molar-refractivity contribution is 0.102. The quantitative estimate of drug-likeness (QED) is 0.535. The summed E-state index contributed by atoms with van der Waals surface area (Å²) >= 11 is 2.79. The van der Waals surface area contributed by atoms with E-state index >= 15 is 0 Å². The number of Topliss-reactive ketones (excluding diaryl/α,β-unsaturated/α-hetero) is 1. The molecular weight excluding hydrogens is 292 g/mol. The van der Waals surface area contributed by atoms with Crippen molar-refractivity contribution in [2.45, 2.75) is 5.16 Å². The van der Waals surface area contributed by atoms with Crippen LogP contribution in [0.5, 0.6) is 0 Å². The average molecular weight is 302 g/mol. The first kappa shape index (κ1) is 13.0. The fourth-order valence-electron chi connectivity index (χ4n) is 1.64. The third-order valence-corrected chi connectivity index (χ3v) is 4.40. The third kappa shape index (κ3) is 2.78. The number of benzene rings is 1. The van der Waals surface area contributed by atoms with Crippen LogP contribution in [-0.2, 0) is 0 Å². The van der Waals surface area contributed by atoms with Crippen molar-refractivity contribution in [2.75, 3.05) is 5.75 Å². The molecule has 1 aromatic carbocycles. The van der Waals surface area contributed by atoms with Gasteiger partial charge < -0.3 is 0 Å². The van der Waals surface area contributed by atoms with Crippen LogP contribution in [-0.4, -0.2) is 31.7 Å². The molecule has 0 aliphatic rings. The second-order valence-corrected chi connectivity index (χ2v) is 5.79. The van der Waals surface area contributed by atoms with E-state index in [2.05, 4.69) is 15.5 Å². The molecule has 0 fully saturated rings. The Balaban J connectivity index is 1.73. The molecule has 100 valence electrons. The van der Waals surface area contributed by atoms with E-state index in [0.29, 0.717) is 10.9 Å². The van der Waals surface area contributed by atoms with Crippen LogP contribution in [0, 0.1) is 0 Å². The van der Waals surface area contributed by atoms with Crippen LogP contribution in [0.1, 0.15) is 9.67 Å². The average Bonchev–Trinajstić information content (AvgIpc) is 3.17. The molecule has 0 aliphatic heterocycles. The largest absolute Gasteiger partial charge is 0.292 e. The second-order valence-electron chi connectivity index (χ2n) is 3.90. The number of carbonyl (C=O) groups is 1. The summed E-state index contributed by atoms with van der Waals surface area (Å²) in [7, 11) is 0. The molecule has 0 aliphatic carbocycles. The zero-order chi connectivity index (χ0) is 13.8. The van der Waals surface area contributed by atoms with Crippen molar-refractivity contribution in [1.29, 1.82) is 0 Å². The van der Waals surface area contributed by atoms with E-state index in [1.54, 1.807) is 4.68 Å². The number of thiophene rings is 1. The minimum absolute atomic E-state index is 0.0904. The number of carbonyl (C=O) groups excluding carboxylic acids is 1. The van der Waals surface area contributed by atoms with Crippen molar-refractivity contribution in [3.8, 4) is 5.69 Å². The number of para-hydroxylation sites is 1. The van der Waals surface area contributed by atoms with Crippen LogP contribution in [0.15, 0.2) is 53.0 Å². The van der Waals surface area contributed by atoms with Gasteiger partial charge in [0.25, 0.3) is 0 Å². The number of aromatic nitrogens is 4. The Morgan fingerprint density at radius 2 is 2.05 bits per heavy atom. The van der Waals surface area contributed by atoms with Gasteiger partial charge in [-0.25, -0.2) is 0 Å². The van der Waals surface area contributed by atoms with E-state index in [1.165, 1.54) is 23.1 Å². The van der Waals surface area contributed by atoms with E-state index in [4.69, 9.17) is 0 Å². The highest BCUT2D eigenvalue weighted by molar-refractivity contribution is 7.99. The van der Waals surface area contributed by atoms with E-state index < -0.39 is 0 Å². The molecule has 2 aromatic heterocycles. The lowest BCUT2D eigenvalue weighted by atomic mass is 10.3. The summed E-state index contributed by atoms with van der Waals surface area (Å²) in [6.45, 7) is 0. The first-order valence-electron chi connectivity index (χ1n) is 5.88. The van der Waals surface area contributed by atoms with Crippen LogP contribution in [0.4, 0.5) is 0 Å². The van der Waals surface area contributed by atoms with E-state index in [-0.39, 0.29) is 5.78 Å². The summed E-state index contributed by atoms with van der Waals surface area (Å²) in [6.07, 6.45) is 0. The highest BCUT2D eigenvalue weighted by Crippen LogP contribution is 2.20. The summed E-state index contributed by atoms with van der Waals surface area (Å²) < 4.78 is 1.63. The number of rotatable bonds is 5. The molecule has 3 aromatic rings. The fourth-order valence-corrected chi connectivity index (χ4v) is 3.17. The predicted octanol–water partition coefficient (Wildman–Crippen LogP) is 2.70. The molecule has 3 rings (SSSR count). The number of ketones is 1. The number of thioether (sulfide) groups is 1. The highest BCUT2D eigenvalue weighted by Gasteiger charge is 2.12. The Bertz CT molecular complexity index is 694. The fraction of sp³-hybridized carbons (Fsp3) is 0.0769. The minimum Gasteiger partial charge on any atom is -0.292 e.